The van der Waals surface area contributed by atoms with Crippen LogP contribution in [0, 0.1) is 0 Å². The van der Waals surface area contributed by atoms with E-state index in [-0.39, 0.29) is 17.5 Å². The molecule has 1 aromatic heterocycles. The van der Waals surface area contributed by atoms with Gasteiger partial charge in [-0.15, -0.1) is 0 Å². The molecule has 0 radical (unpaired) electrons. The number of benzene rings is 1. The Bertz CT molecular complexity index is 750. The zero-order valence-electron chi connectivity index (χ0n) is 12.0. The molecule has 3 rings (SSSR count). The summed E-state index contributed by atoms with van der Waals surface area (Å²) in [6, 6.07) is 9.06. The van der Waals surface area contributed by atoms with Crippen LogP contribution in [0.4, 0.5) is 0 Å². The van der Waals surface area contributed by atoms with Gasteiger partial charge in [0.15, 0.2) is 5.69 Å². The molecular weight excluding hydrogens is 300 g/mol. The van der Waals surface area contributed by atoms with E-state index in [1.807, 2.05) is 24.3 Å². The van der Waals surface area contributed by atoms with Crippen LogP contribution in [0.5, 0.6) is 11.5 Å². The zero-order chi connectivity index (χ0) is 16.4. The van der Waals surface area contributed by atoms with Crippen LogP contribution in [0.25, 0.3) is 0 Å². The van der Waals surface area contributed by atoms with Crippen molar-refractivity contribution in [2.24, 2.45) is 0 Å². The first kappa shape index (κ1) is 14.8. The van der Waals surface area contributed by atoms with Gasteiger partial charge >= 0.3 is 5.97 Å². The van der Waals surface area contributed by atoms with E-state index >= 15 is 0 Å². The lowest BCUT2D eigenvalue weighted by Crippen LogP contribution is -2.30. The topological polar surface area (TPSA) is 109 Å². The maximum Gasteiger partial charge on any atom is 0.322 e. The van der Waals surface area contributed by atoms with Gasteiger partial charge in [-0.3, -0.25) is 9.59 Å². The molecule has 0 bridgehead atoms. The standard InChI is InChI=1S/C16H14N2O5/c19-11-5-10(7-17-15(11)16(22)18-8-14(20)21)13-6-9-3-1-2-4-12(9)23-13/h1-5,7,13,19H,6,8H2,(H,18,22)(H,20,21). The Labute approximate surface area is 131 Å². The Kier molecular flexibility index (Phi) is 3.84. The molecule has 118 valence electrons. The minimum atomic E-state index is -1.17. The molecule has 1 amide bonds. The van der Waals surface area contributed by atoms with Crippen LogP contribution >= 0.6 is 0 Å². The van der Waals surface area contributed by atoms with Crippen molar-refractivity contribution in [2.75, 3.05) is 6.54 Å². The third-order valence-electron chi connectivity index (χ3n) is 3.52. The number of carboxylic acids is 1. The van der Waals surface area contributed by atoms with Crippen LogP contribution < -0.4 is 10.1 Å². The molecule has 1 aromatic carbocycles. The van der Waals surface area contributed by atoms with E-state index in [1.54, 1.807) is 0 Å². The van der Waals surface area contributed by atoms with E-state index in [0.29, 0.717) is 12.0 Å². The number of hydrogen-bond donors (Lipinski definition) is 3. The first-order valence-electron chi connectivity index (χ1n) is 6.98. The number of carbonyl (C=O) groups is 2. The first-order valence-corrected chi connectivity index (χ1v) is 6.98. The molecule has 0 saturated heterocycles. The highest BCUT2D eigenvalue weighted by atomic mass is 16.5. The average molecular weight is 314 g/mol. The van der Waals surface area contributed by atoms with Crippen LogP contribution in [-0.2, 0) is 11.2 Å². The van der Waals surface area contributed by atoms with Crippen LogP contribution in [-0.4, -0.2) is 33.6 Å². The summed E-state index contributed by atoms with van der Waals surface area (Å²) in [4.78, 5) is 26.1. The second kappa shape index (κ2) is 5.96. The Morgan fingerprint density at radius 2 is 2.13 bits per heavy atom. The molecule has 7 nitrogen and oxygen atoms in total. The SMILES string of the molecule is O=C(O)CNC(=O)c1ncc(C2Cc3ccccc3O2)cc1O. The summed E-state index contributed by atoms with van der Waals surface area (Å²) < 4.78 is 5.80. The molecular formula is C16H14N2O5. The minimum Gasteiger partial charge on any atom is -0.505 e. The molecule has 23 heavy (non-hydrogen) atoms. The summed E-state index contributed by atoms with van der Waals surface area (Å²) in [6.45, 7) is -0.539. The van der Waals surface area contributed by atoms with Crippen molar-refractivity contribution >= 4 is 11.9 Å². The number of pyridine rings is 1. The van der Waals surface area contributed by atoms with E-state index in [0.717, 1.165) is 11.3 Å². The van der Waals surface area contributed by atoms with E-state index in [4.69, 9.17) is 9.84 Å². The number of fused-ring (bicyclic) bond motifs is 1. The third-order valence-corrected chi connectivity index (χ3v) is 3.52. The molecule has 0 spiro atoms. The lowest BCUT2D eigenvalue weighted by atomic mass is 10.0. The summed E-state index contributed by atoms with van der Waals surface area (Å²) in [6.07, 6.45) is 1.83. The van der Waals surface area contributed by atoms with Gasteiger partial charge in [0.2, 0.25) is 0 Å². The van der Waals surface area contributed by atoms with Gasteiger partial charge in [-0.05, 0) is 17.7 Å². The fourth-order valence-corrected chi connectivity index (χ4v) is 2.43. The molecule has 7 heteroatoms. The van der Waals surface area contributed by atoms with Gasteiger partial charge in [-0.25, -0.2) is 4.98 Å². The summed E-state index contributed by atoms with van der Waals surface area (Å²) in [5.41, 5.74) is 1.50. The quantitative estimate of drug-likeness (QED) is 0.784. The molecule has 2 heterocycles. The van der Waals surface area contributed by atoms with E-state index in [2.05, 4.69) is 10.3 Å². The fourth-order valence-electron chi connectivity index (χ4n) is 2.43. The van der Waals surface area contributed by atoms with Crippen molar-refractivity contribution in [1.82, 2.24) is 10.3 Å². The minimum absolute atomic E-state index is 0.217. The Hall–Kier alpha value is -3.09. The normalized spacial score (nSPS) is 15.6. The van der Waals surface area contributed by atoms with E-state index in [9.17, 15) is 14.7 Å². The van der Waals surface area contributed by atoms with Crippen molar-refractivity contribution in [3.8, 4) is 11.5 Å². The maximum absolute atomic E-state index is 11.8. The summed E-state index contributed by atoms with van der Waals surface area (Å²) >= 11 is 0. The van der Waals surface area contributed by atoms with Crippen LogP contribution in [0.15, 0.2) is 36.5 Å². The maximum atomic E-state index is 11.8. The smallest absolute Gasteiger partial charge is 0.322 e. The second-order valence-corrected chi connectivity index (χ2v) is 5.13. The molecule has 3 N–H and O–H groups in total. The third kappa shape index (κ3) is 3.08. The first-order chi connectivity index (χ1) is 11.0. The highest BCUT2D eigenvalue weighted by Crippen LogP contribution is 2.37. The fraction of sp³-hybridized carbons (Fsp3) is 0.188. The van der Waals surface area contributed by atoms with E-state index < -0.39 is 18.4 Å². The number of para-hydroxylation sites is 1. The highest BCUT2D eigenvalue weighted by Gasteiger charge is 2.25. The van der Waals surface area contributed by atoms with Crippen LogP contribution in [0.3, 0.4) is 0 Å². The van der Waals surface area contributed by atoms with Gasteiger partial charge in [0, 0.05) is 18.2 Å². The van der Waals surface area contributed by atoms with Crippen LogP contribution in [0.1, 0.15) is 27.7 Å². The Balaban J connectivity index is 1.75. The Morgan fingerprint density at radius 1 is 1.35 bits per heavy atom. The number of nitrogens with one attached hydrogen (secondary N) is 1. The number of rotatable bonds is 4. The number of carbonyl (C=O) groups excluding carboxylic acids is 1. The monoisotopic (exact) mass is 314 g/mol. The van der Waals surface area contributed by atoms with Crippen molar-refractivity contribution in [2.45, 2.75) is 12.5 Å². The van der Waals surface area contributed by atoms with Gasteiger partial charge < -0.3 is 20.3 Å². The molecule has 0 saturated carbocycles. The second-order valence-electron chi connectivity index (χ2n) is 5.13. The zero-order valence-corrected chi connectivity index (χ0v) is 12.0. The molecule has 1 aliphatic heterocycles. The predicted octanol–water partition coefficient (Wildman–Crippen LogP) is 1.28. The number of nitrogens with zero attached hydrogens (tertiary/aromatic N) is 1. The highest BCUT2D eigenvalue weighted by molar-refractivity contribution is 5.96. The van der Waals surface area contributed by atoms with Gasteiger partial charge in [0.1, 0.15) is 24.1 Å². The summed E-state index contributed by atoms with van der Waals surface area (Å²) in [5.74, 6) is -1.44. The molecule has 1 unspecified atom stereocenters. The van der Waals surface area contributed by atoms with Gasteiger partial charge in [-0.2, -0.15) is 0 Å². The lowest BCUT2D eigenvalue weighted by Gasteiger charge is -2.12. The average Bonchev–Trinajstić information content (AvgIpc) is 2.96. The van der Waals surface area contributed by atoms with Crippen LogP contribution in [0.2, 0.25) is 0 Å². The number of aliphatic carboxylic acids is 1. The number of aromatic hydroxyl groups is 1. The summed E-state index contributed by atoms with van der Waals surface area (Å²) in [7, 11) is 0. The van der Waals surface area contributed by atoms with Gasteiger partial charge in [-0.1, -0.05) is 18.2 Å². The molecule has 0 aliphatic carbocycles. The molecule has 1 atom stereocenters. The number of hydrogen-bond acceptors (Lipinski definition) is 5. The molecule has 0 fully saturated rings. The van der Waals surface area contributed by atoms with Gasteiger partial charge in [0.05, 0.1) is 0 Å². The van der Waals surface area contributed by atoms with Crippen molar-refractivity contribution < 1.29 is 24.5 Å². The van der Waals surface area contributed by atoms with Crippen molar-refractivity contribution in [1.29, 1.82) is 0 Å². The van der Waals surface area contributed by atoms with Crippen molar-refractivity contribution in [3.63, 3.8) is 0 Å². The number of aromatic nitrogens is 1. The Morgan fingerprint density at radius 3 is 2.83 bits per heavy atom. The van der Waals surface area contributed by atoms with Crippen molar-refractivity contribution in [3.05, 3.63) is 53.3 Å². The molecule has 2 aromatic rings. The number of carboxylic acid groups (broad SMARTS) is 1. The largest absolute Gasteiger partial charge is 0.505 e. The van der Waals surface area contributed by atoms with E-state index in [1.165, 1.54) is 12.3 Å². The number of ether oxygens (including phenoxy) is 1. The number of amides is 1. The summed E-state index contributed by atoms with van der Waals surface area (Å²) in [5, 5.41) is 20.7. The predicted molar refractivity (Wildman–Crippen MR) is 79.4 cm³/mol. The van der Waals surface area contributed by atoms with Gasteiger partial charge in [0.25, 0.3) is 5.91 Å². The molecule has 1 aliphatic rings. The lowest BCUT2D eigenvalue weighted by molar-refractivity contribution is -0.135.